The molecule has 0 fully saturated rings. The average molecular weight is 269 g/mol. The summed E-state index contributed by atoms with van der Waals surface area (Å²) in [5, 5.41) is 2.95. The summed E-state index contributed by atoms with van der Waals surface area (Å²) in [6.07, 6.45) is 4.04. The van der Waals surface area contributed by atoms with Crippen molar-refractivity contribution in [3.63, 3.8) is 0 Å². The molecular formula is C14H11N3OS. The van der Waals surface area contributed by atoms with Gasteiger partial charge in [-0.25, -0.2) is 4.98 Å². The van der Waals surface area contributed by atoms with Gasteiger partial charge in [-0.05, 0) is 12.1 Å². The number of rotatable bonds is 3. The molecule has 0 atom stereocenters. The van der Waals surface area contributed by atoms with E-state index in [1.807, 2.05) is 23.6 Å². The maximum Gasteiger partial charge on any atom is 0.181 e. The largest absolute Gasteiger partial charge is 0.364 e. The molecule has 0 aliphatic heterocycles. The minimum atomic E-state index is 0.00950. The van der Waals surface area contributed by atoms with Crippen LogP contribution in [0.1, 0.15) is 10.7 Å². The van der Waals surface area contributed by atoms with E-state index in [-0.39, 0.29) is 5.43 Å². The minimum Gasteiger partial charge on any atom is -0.364 e. The van der Waals surface area contributed by atoms with E-state index in [4.69, 9.17) is 0 Å². The van der Waals surface area contributed by atoms with Gasteiger partial charge in [0.05, 0.1) is 16.4 Å². The SMILES string of the molecule is O=c1cc[nH]c(Cc2nc(-c3ccccn3)cs2)c1. The van der Waals surface area contributed by atoms with E-state index in [1.54, 1.807) is 29.8 Å². The number of nitrogens with one attached hydrogen (secondary N) is 1. The molecule has 0 bridgehead atoms. The summed E-state index contributed by atoms with van der Waals surface area (Å²) in [7, 11) is 0. The maximum absolute atomic E-state index is 11.3. The summed E-state index contributed by atoms with van der Waals surface area (Å²) in [5.41, 5.74) is 2.62. The zero-order valence-corrected chi connectivity index (χ0v) is 10.9. The van der Waals surface area contributed by atoms with E-state index in [1.165, 1.54) is 6.07 Å². The fraction of sp³-hybridized carbons (Fsp3) is 0.0714. The second-order valence-electron chi connectivity index (χ2n) is 4.07. The molecule has 0 unspecified atom stereocenters. The predicted molar refractivity (Wildman–Crippen MR) is 75.2 cm³/mol. The fourth-order valence-corrected chi connectivity index (χ4v) is 2.59. The molecule has 3 heterocycles. The van der Waals surface area contributed by atoms with E-state index < -0.39 is 0 Å². The first-order chi connectivity index (χ1) is 9.31. The van der Waals surface area contributed by atoms with Crippen LogP contribution in [0.4, 0.5) is 0 Å². The maximum atomic E-state index is 11.3. The van der Waals surface area contributed by atoms with Crippen molar-refractivity contribution < 1.29 is 0 Å². The van der Waals surface area contributed by atoms with Crippen molar-refractivity contribution >= 4 is 11.3 Å². The Morgan fingerprint density at radius 1 is 1.21 bits per heavy atom. The Morgan fingerprint density at radius 3 is 2.95 bits per heavy atom. The quantitative estimate of drug-likeness (QED) is 0.794. The van der Waals surface area contributed by atoms with Crippen molar-refractivity contribution in [2.24, 2.45) is 0 Å². The first kappa shape index (κ1) is 11.8. The average Bonchev–Trinajstić information content (AvgIpc) is 2.88. The molecule has 0 radical (unpaired) electrons. The molecule has 0 aliphatic rings. The van der Waals surface area contributed by atoms with E-state index in [2.05, 4.69) is 15.0 Å². The first-order valence-corrected chi connectivity index (χ1v) is 6.73. The van der Waals surface area contributed by atoms with Gasteiger partial charge in [0.2, 0.25) is 0 Å². The molecule has 3 rings (SSSR count). The summed E-state index contributed by atoms with van der Waals surface area (Å²) >= 11 is 1.57. The van der Waals surface area contributed by atoms with Gasteiger partial charge in [0.15, 0.2) is 5.43 Å². The predicted octanol–water partition coefficient (Wildman–Crippen LogP) is 2.48. The van der Waals surface area contributed by atoms with Crippen LogP contribution in [0, 0.1) is 0 Å². The van der Waals surface area contributed by atoms with Gasteiger partial charge in [-0.2, -0.15) is 0 Å². The monoisotopic (exact) mass is 269 g/mol. The lowest BCUT2D eigenvalue weighted by molar-refractivity contribution is 1.04. The second kappa shape index (κ2) is 5.16. The Hall–Kier alpha value is -2.27. The van der Waals surface area contributed by atoms with Crippen molar-refractivity contribution in [2.75, 3.05) is 0 Å². The summed E-state index contributed by atoms with van der Waals surface area (Å²) < 4.78 is 0. The molecule has 0 aromatic carbocycles. The summed E-state index contributed by atoms with van der Waals surface area (Å²) in [6, 6.07) is 8.86. The van der Waals surface area contributed by atoms with Gasteiger partial charge in [0.25, 0.3) is 0 Å². The minimum absolute atomic E-state index is 0.00950. The highest BCUT2D eigenvalue weighted by molar-refractivity contribution is 7.10. The topological polar surface area (TPSA) is 58.6 Å². The molecule has 94 valence electrons. The smallest absolute Gasteiger partial charge is 0.181 e. The number of nitrogens with zero attached hydrogens (tertiary/aromatic N) is 2. The number of aromatic amines is 1. The number of hydrogen-bond donors (Lipinski definition) is 1. The van der Waals surface area contributed by atoms with Crippen LogP contribution in [0.25, 0.3) is 11.4 Å². The molecule has 0 saturated carbocycles. The lowest BCUT2D eigenvalue weighted by Gasteiger charge is -1.97. The molecule has 4 nitrogen and oxygen atoms in total. The number of pyridine rings is 2. The molecule has 3 aromatic heterocycles. The molecule has 0 saturated heterocycles. The molecular weight excluding hydrogens is 258 g/mol. The third kappa shape index (κ3) is 2.77. The lowest BCUT2D eigenvalue weighted by Crippen LogP contribution is -2.01. The summed E-state index contributed by atoms with van der Waals surface area (Å²) in [5.74, 6) is 0. The lowest BCUT2D eigenvalue weighted by atomic mass is 10.2. The Balaban J connectivity index is 1.84. The van der Waals surface area contributed by atoms with E-state index in [0.717, 1.165) is 22.1 Å². The van der Waals surface area contributed by atoms with Gasteiger partial charge in [0.1, 0.15) is 0 Å². The Bertz CT molecular complexity index is 733. The molecule has 1 N–H and O–H groups in total. The first-order valence-electron chi connectivity index (χ1n) is 5.85. The van der Waals surface area contributed by atoms with Gasteiger partial charge >= 0.3 is 0 Å². The van der Waals surface area contributed by atoms with Crippen molar-refractivity contribution in [1.29, 1.82) is 0 Å². The van der Waals surface area contributed by atoms with Gasteiger partial charge in [-0.3, -0.25) is 9.78 Å². The highest BCUT2D eigenvalue weighted by atomic mass is 32.1. The Kier molecular flexibility index (Phi) is 3.20. The standard InChI is InChI=1S/C14H11N3OS/c18-11-4-6-15-10(7-11)8-14-17-13(9-19-14)12-3-1-2-5-16-12/h1-7,9H,8H2,(H,15,18). The Labute approximate surface area is 113 Å². The highest BCUT2D eigenvalue weighted by Crippen LogP contribution is 2.20. The second-order valence-corrected chi connectivity index (χ2v) is 5.01. The summed E-state index contributed by atoms with van der Waals surface area (Å²) in [4.78, 5) is 23.1. The van der Waals surface area contributed by atoms with Gasteiger partial charge in [-0.1, -0.05) is 6.07 Å². The van der Waals surface area contributed by atoms with Crippen LogP contribution < -0.4 is 5.43 Å². The number of H-pyrrole nitrogens is 1. The van der Waals surface area contributed by atoms with Crippen LogP contribution in [0.5, 0.6) is 0 Å². The summed E-state index contributed by atoms with van der Waals surface area (Å²) in [6.45, 7) is 0. The number of thiazole rings is 1. The van der Waals surface area contributed by atoms with Crippen LogP contribution in [-0.2, 0) is 6.42 Å². The van der Waals surface area contributed by atoms with Crippen LogP contribution in [0.3, 0.4) is 0 Å². The van der Waals surface area contributed by atoms with Crippen molar-refractivity contribution in [3.8, 4) is 11.4 Å². The van der Waals surface area contributed by atoms with Crippen molar-refractivity contribution in [2.45, 2.75) is 6.42 Å². The van der Waals surface area contributed by atoms with Gasteiger partial charge in [0, 0.05) is 42.0 Å². The molecule has 0 aliphatic carbocycles. The van der Waals surface area contributed by atoms with E-state index in [9.17, 15) is 4.79 Å². The van der Waals surface area contributed by atoms with Crippen LogP contribution >= 0.6 is 11.3 Å². The molecule has 0 amide bonds. The van der Waals surface area contributed by atoms with E-state index >= 15 is 0 Å². The van der Waals surface area contributed by atoms with Gasteiger partial charge in [-0.15, -0.1) is 11.3 Å². The van der Waals surface area contributed by atoms with Gasteiger partial charge < -0.3 is 4.98 Å². The Morgan fingerprint density at radius 2 is 2.16 bits per heavy atom. The third-order valence-electron chi connectivity index (χ3n) is 2.65. The fourth-order valence-electron chi connectivity index (χ4n) is 1.78. The van der Waals surface area contributed by atoms with Crippen LogP contribution in [0.15, 0.2) is 52.9 Å². The normalized spacial score (nSPS) is 10.5. The van der Waals surface area contributed by atoms with Crippen LogP contribution in [0.2, 0.25) is 0 Å². The van der Waals surface area contributed by atoms with Crippen LogP contribution in [-0.4, -0.2) is 15.0 Å². The number of aromatic nitrogens is 3. The zero-order chi connectivity index (χ0) is 13.1. The molecule has 3 aromatic rings. The van der Waals surface area contributed by atoms with E-state index in [0.29, 0.717) is 6.42 Å². The molecule has 5 heteroatoms. The molecule has 0 spiro atoms. The number of hydrogen-bond acceptors (Lipinski definition) is 4. The van der Waals surface area contributed by atoms with Crippen molar-refractivity contribution in [3.05, 3.63) is 69.0 Å². The molecule has 19 heavy (non-hydrogen) atoms. The van der Waals surface area contributed by atoms with Crippen molar-refractivity contribution in [1.82, 2.24) is 15.0 Å². The third-order valence-corrected chi connectivity index (χ3v) is 3.50. The highest BCUT2D eigenvalue weighted by Gasteiger charge is 2.06. The zero-order valence-electron chi connectivity index (χ0n) is 10.0.